The fourth-order valence-electron chi connectivity index (χ4n) is 1.51. The van der Waals surface area contributed by atoms with Gasteiger partial charge in [-0.25, -0.2) is 4.68 Å². The molecule has 0 aliphatic rings. The van der Waals surface area contributed by atoms with E-state index in [1.165, 1.54) is 5.56 Å². The maximum absolute atomic E-state index is 5.44. The Balaban J connectivity index is 1.90. The largest absolute Gasteiger partial charge is 0.330 e. The van der Waals surface area contributed by atoms with Gasteiger partial charge in [-0.1, -0.05) is 35.5 Å². The van der Waals surface area contributed by atoms with Crippen LogP contribution in [0.1, 0.15) is 11.3 Å². The van der Waals surface area contributed by atoms with Crippen LogP contribution in [-0.4, -0.2) is 27.3 Å². The summed E-state index contributed by atoms with van der Waals surface area (Å²) in [5, 5.41) is 8.25. The molecule has 1 heterocycles. The van der Waals surface area contributed by atoms with Gasteiger partial charge in [0.05, 0.1) is 12.2 Å². The average molecular weight is 248 g/mol. The molecular formula is C12H16N4S. The first-order chi connectivity index (χ1) is 8.38. The Morgan fingerprint density at radius 1 is 1.24 bits per heavy atom. The first-order valence-electron chi connectivity index (χ1n) is 5.59. The molecule has 0 aliphatic carbocycles. The van der Waals surface area contributed by atoms with E-state index < -0.39 is 0 Å². The summed E-state index contributed by atoms with van der Waals surface area (Å²) in [7, 11) is 0. The number of benzene rings is 1. The highest BCUT2D eigenvalue weighted by molar-refractivity contribution is 7.98. The van der Waals surface area contributed by atoms with Crippen LogP contribution in [-0.2, 0) is 12.3 Å². The number of hydrogen-bond donors (Lipinski definition) is 1. The fourth-order valence-corrected chi connectivity index (χ4v) is 2.16. The summed E-state index contributed by atoms with van der Waals surface area (Å²) < 4.78 is 1.87. The Kier molecular flexibility index (Phi) is 4.58. The summed E-state index contributed by atoms with van der Waals surface area (Å²) in [6.07, 6.45) is 2.00. The van der Waals surface area contributed by atoms with E-state index in [-0.39, 0.29) is 0 Å². The Morgan fingerprint density at radius 3 is 2.82 bits per heavy atom. The molecular weight excluding hydrogens is 232 g/mol. The van der Waals surface area contributed by atoms with Crippen molar-refractivity contribution in [3.8, 4) is 0 Å². The topological polar surface area (TPSA) is 56.7 Å². The number of nitrogens with zero attached hydrogens (tertiary/aromatic N) is 3. The molecule has 0 fully saturated rings. The van der Waals surface area contributed by atoms with Crippen LogP contribution in [0, 0.1) is 0 Å². The van der Waals surface area contributed by atoms with E-state index in [9.17, 15) is 0 Å². The first-order valence-corrected chi connectivity index (χ1v) is 6.74. The van der Waals surface area contributed by atoms with Crippen molar-refractivity contribution in [2.75, 3.05) is 12.3 Å². The van der Waals surface area contributed by atoms with Crippen molar-refractivity contribution < 1.29 is 0 Å². The van der Waals surface area contributed by atoms with Crippen LogP contribution in [0.4, 0.5) is 0 Å². The molecule has 1 aromatic carbocycles. The third-order valence-corrected chi connectivity index (χ3v) is 3.31. The first kappa shape index (κ1) is 12.1. The molecule has 0 bridgehead atoms. The highest BCUT2D eigenvalue weighted by Gasteiger charge is 2.01. The van der Waals surface area contributed by atoms with Gasteiger partial charge in [0, 0.05) is 24.2 Å². The van der Waals surface area contributed by atoms with Gasteiger partial charge < -0.3 is 5.73 Å². The molecule has 0 atom stereocenters. The zero-order valence-electron chi connectivity index (χ0n) is 9.62. The second kappa shape index (κ2) is 6.42. The number of aromatic nitrogens is 3. The fraction of sp³-hybridized carbons (Fsp3) is 0.333. The van der Waals surface area contributed by atoms with Crippen molar-refractivity contribution in [1.82, 2.24) is 15.0 Å². The lowest BCUT2D eigenvalue weighted by atomic mass is 10.2. The minimum absolute atomic E-state index is 0.711. The average Bonchev–Trinajstić information content (AvgIpc) is 2.79. The molecule has 2 rings (SSSR count). The van der Waals surface area contributed by atoms with Crippen LogP contribution in [0.2, 0.25) is 0 Å². The summed E-state index contributed by atoms with van der Waals surface area (Å²) >= 11 is 1.79. The number of thioether (sulfide) groups is 1. The Hall–Kier alpha value is -1.33. The molecule has 4 nitrogen and oxygen atoms in total. The monoisotopic (exact) mass is 248 g/mol. The van der Waals surface area contributed by atoms with Gasteiger partial charge in [-0.2, -0.15) is 11.8 Å². The maximum atomic E-state index is 5.44. The van der Waals surface area contributed by atoms with Crippen LogP contribution in [0.15, 0.2) is 36.5 Å². The van der Waals surface area contributed by atoms with Gasteiger partial charge >= 0.3 is 0 Å². The van der Waals surface area contributed by atoms with E-state index in [1.807, 2.05) is 29.1 Å². The quantitative estimate of drug-likeness (QED) is 0.787. The Labute approximate surface area is 105 Å². The minimum atomic E-state index is 0.711. The number of rotatable bonds is 6. The molecule has 0 amide bonds. The predicted molar refractivity (Wildman–Crippen MR) is 70.8 cm³/mol. The zero-order valence-corrected chi connectivity index (χ0v) is 10.4. The van der Waals surface area contributed by atoms with Gasteiger partial charge in [0.1, 0.15) is 0 Å². The van der Waals surface area contributed by atoms with E-state index in [0.717, 1.165) is 23.7 Å². The number of nitrogens with two attached hydrogens (primary N) is 1. The highest BCUT2D eigenvalue weighted by atomic mass is 32.2. The van der Waals surface area contributed by atoms with Crippen LogP contribution in [0.5, 0.6) is 0 Å². The Morgan fingerprint density at radius 2 is 2.06 bits per heavy atom. The molecule has 17 heavy (non-hydrogen) atoms. The SMILES string of the molecule is NCCSCc1cn(Cc2ccccc2)nn1. The maximum Gasteiger partial charge on any atom is 0.0926 e. The minimum Gasteiger partial charge on any atom is -0.330 e. The van der Waals surface area contributed by atoms with Crippen molar-refractivity contribution in [1.29, 1.82) is 0 Å². The van der Waals surface area contributed by atoms with Crippen LogP contribution < -0.4 is 5.73 Å². The number of hydrogen-bond acceptors (Lipinski definition) is 4. The molecule has 2 aromatic rings. The van der Waals surface area contributed by atoms with Crippen molar-refractivity contribution in [3.05, 3.63) is 47.8 Å². The third kappa shape index (κ3) is 3.87. The van der Waals surface area contributed by atoms with E-state index in [2.05, 4.69) is 22.4 Å². The van der Waals surface area contributed by atoms with Crippen LogP contribution in [0.3, 0.4) is 0 Å². The Bertz CT molecular complexity index is 441. The smallest absolute Gasteiger partial charge is 0.0926 e. The second-order valence-corrected chi connectivity index (χ2v) is 4.84. The highest BCUT2D eigenvalue weighted by Crippen LogP contribution is 2.09. The molecule has 0 saturated heterocycles. The summed E-state index contributed by atoms with van der Waals surface area (Å²) in [5.74, 6) is 1.84. The molecule has 5 heteroatoms. The molecule has 0 spiro atoms. The summed E-state index contributed by atoms with van der Waals surface area (Å²) in [4.78, 5) is 0. The molecule has 0 aliphatic heterocycles. The predicted octanol–water partition coefficient (Wildman–Crippen LogP) is 1.52. The molecule has 0 radical (unpaired) electrons. The molecule has 0 unspecified atom stereocenters. The van der Waals surface area contributed by atoms with E-state index >= 15 is 0 Å². The molecule has 2 N–H and O–H groups in total. The summed E-state index contributed by atoms with van der Waals surface area (Å²) in [6, 6.07) is 10.3. The summed E-state index contributed by atoms with van der Waals surface area (Å²) in [6.45, 7) is 1.48. The summed E-state index contributed by atoms with van der Waals surface area (Å²) in [5.41, 5.74) is 7.69. The van der Waals surface area contributed by atoms with Crippen molar-refractivity contribution in [2.24, 2.45) is 5.73 Å². The van der Waals surface area contributed by atoms with Crippen molar-refractivity contribution in [2.45, 2.75) is 12.3 Å². The van der Waals surface area contributed by atoms with Gasteiger partial charge in [0.2, 0.25) is 0 Å². The zero-order chi connectivity index (χ0) is 11.9. The standard InChI is InChI=1S/C12H16N4S/c13-6-7-17-10-12-9-16(15-14-12)8-11-4-2-1-3-5-11/h1-5,9H,6-8,10,13H2. The van der Waals surface area contributed by atoms with Gasteiger partial charge in [-0.15, -0.1) is 5.10 Å². The van der Waals surface area contributed by atoms with Gasteiger partial charge in [0.25, 0.3) is 0 Å². The van der Waals surface area contributed by atoms with Gasteiger partial charge in [-0.05, 0) is 5.56 Å². The van der Waals surface area contributed by atoms with E-state index in [1.54, 1.807) is 11.8 Å². The van der Waals surface area contributed by atoms with Crippen LogP contribution in [0.25, 0.3) is 0 Å². The lowest BCUT2D eigenvalue weighted by Gasteiger charge is -1.99. The lowest BCUT2D eigenvalue weighted by Crippen LogP contribution is -2.01. The third-order valence-electron chi connectivity index (χ3n) is 2.29. The van der Waals surface area contributed by atoms with Gasteiger partial charge in [0.15, 0.2) is 0 Å². The van der Waals surface area contributed by atoms with E-state index in [0.29, 0.717) is 6.54 Å². The molecule has 0 saturated carbocycles. The normalized spacial score (nSPS) is 10.6. The molecule has 90 valence electrons. The van der Waals surface area contributed by atoms with Crippen LogP contribution >= 0.6 is 11.8 Å². The second-order valence-electron chi connectivity index (χ2n) is 3.73. The van der Waals surface area contributed by atoms with Crippen molar-refractivity contribution >= 4 is 11.8 Å². The lowest BCUT2D eigenvalue weighted by molar-refractivity contribution is 0.649. The molecule has 1 aromatic heterocycles. The van der Waals surface area contributed by atoms with Gasteiger partial charge in [-0.3, -0.25) is 0 Å². The van der Waals surface area contributed by atoms with E-state index in [4.69, 9.17) is 5.73 Å². The van der Waals surface area contributed by atoms with Crippen molar-refractivity contribution in [3.63, 3.8) is 0 Å².